The van der Waals surface area contributed by atoms with Crippen molar-refractivity contribution in [1.82, 2.24) is 0 Å². The third kappa shape index (κ3) is 1.30. The lowest BCUT2D eigenvalue weighted by molar-refractivity contribution is 0.158. The number of aryl methyl sites for hydroxylation is 1. The van der Waals surface area contributed by atoms with Crippen molar-refractivity contribution < 1.29 is 5.11 Å². The molecule has 3 N–H and O–H groups in total. The average Bonchev–Trinajstić information content (AvgIpc) is 2.05. The van der Waals surface area contributed by atoms with Crippen LogP contribution in [-0.4, -0.2) is 11.2 Å². The molecule has 1 unspecified atom stereocenters. The van der Waals surface area contributed by atoms with E-state index in [1.54, 1.807) is 0 Å². The van der Waals surface area contributed by atoms with Gasteiger partial charge in [0, 0.05) is 5.69 Å². The molecule has 0 fully saturated rings. The molecule has 0 heterocycles. The normalized spacial score (nSPS) is 21.9. The van der Waals surface area contributed by atoms with E-state index < -0.39 is 0 Å². The largest absolute Gasteiger partial charge is 0.399 e. The second-order valence-corrected chi connectivity index (χ2v) is 3.42. The molecule has 64 valence electrons. The van der Waals surface area contributed by atoms with Gasteiger partial charge < -0.3 is 10.8 Å². The van der Waals surface area contributed by atoms with E-state index in [4.69, 9.17) is 5.73 Å². The summed E-state index contributed by atoms with van der Waals surface area (Å²) in [4.78, 5) is 0. The molecule has 0 radical (unpaired) electrons. The Morgan fingerprint density at radius 3 is 3.00 bits per heavy atom. The number of rotatable bonds is 0. The first-order chi connectivity index (χ1) is 5.75. The highest BCUT2D eigenvalue weighted by atomic mass is 16.3. The molecular formula is C10H13NO. The third-order valence-corrected chi connectivity index (χ3v) is 2.43. The topological polar surface area (TPSA) is 46.2 Å². The second kappa shape index (κ2) is 2.79. The highest BCUT2D eigenvalue weighted by Crippen LogP contribution is 2.23. The molecule has 2 nitrogen and oxygen atoms in total. The zero-order valence-corrected chi connectivity index (χ0v) is 6.96. The first-order valence-corrected chi connectivity index (χ1v) is 4.31. The summed E-state index contributed by atoms with van der Waals surface area (Å²) in [7, 11) is 0. The number of nitrogens with two attached hydrogens (primary N) is 1. The van der Waals surface area contributed by atoms with E-state index in [9.17, 15) is 5.11 Å². The first-order valence-electron chi connectivity index (χ1n) is 4.31. The van der Waals surface area contributed by atoms with E-state index in [2.05, 4.69) is 0 Å². The van der Waals surface area contributed by atoms with Crippen molar-refractivity contribution in [3.8, 4) is 0 Å². The number of hydrogen-bond donors (Lipinski definition) is 2. The maximum absolute atomic E-state index is 9.39. The fourth-order valence-corrected chi connectivity index (χ4v) is 1.76. The van der Waals surface area contributed by atoms with E-state index in [0.717, 1.165) is 24.9 Å². The lowest BCUT2D eigenvalue weighted by Gasteiger charge is -2.20. The molecule has 12 heavy (non-hydrogen) atoms. The summed E-state index contributed by atoms with van der Waals surface area (Å²) >= 11 is 0. The van der Waals surface area contributed by atoms with E-state index in [-0.39, 0.29) is 6.10 Å². The lowest BCUT2D eigenvalue weighted by Crippen LogP contribution is -2.18. The Labute approximate surface area is 72.0 Å². The molecule has 2 heteroatoms. The monoisotopic (exact) mass is 163 g/mol. The molecule has 1 aromatic rings. The minimum absolute atomic E-state index is 0.152. The zero-order valence-electron chi connectivity index (χ0n) is 6.96. The third-order valence-electron chi connectivity index (χ3n) is 2.43. The molecule has 0 aromatic heterocycles. The highest BCUT2D eigenvalue weighted by molar-refractivity contribution is 5.45. The molecule has 0 aliphatic heterocycles. The van der Waals surface area contributed by atoms with Crippen molar-refractivity contribution >= 4 is 5.69 Å². The van der Waals surface area contributed by atoms with Gasteiger partial charge in [-0.25, -0.2) is 0 Å². The van der Waals surface area contributed by atoms with Crippen molar-refractivity contribution in [1.29, 1.82) is 0 Å². The van der Waals surface area contributed by atoms with Gasteiger partial charge in [-0.05, 0) is 42.5 Å². The molecule has 1 aliphatic rings. The number of nitrogen functional groups attached to an aromatic ring is 1. The van der Waals surface area contributed by atoms with E-state index in [1.165, 1.54) is 11.1 Å². The van der Waals surface area contributed by atoms with Crippen LogP contribution in [0.25, 0.3) is 0 Å². The molecule has 0 bridgehead atoms. The number of anilines is 1. The molecule has 1 aliphatic carbocycles. The first kappa shape index (κ1) is 7.62. The summed E-state index contributed by atoms with van der Waals surface area (Å²) in [5.41, 5.74) is 9.04. The van der Waals surface area contributed by atoms with Crippen molar-refractivity contribution in [2.24, 2.45) is 0 Å². The van der Waals surface area contributed by atoms with Gasteiger partial charge in [-0.15, -0.1) is 0 Å². The van der Waals surface area contributed by atoms with Gasteiger partial charge in [0.05, 0.1) is 6.10 Å². The summed E-state index contributed by atoms with van der Waals surface area (Å²) in [6.07, 6.45) is 2.47. The number of fused-ring (bicyclic) bond motifs is 1. The summed E-state index contributed by atoms with van der Waals surface area (Å²) in [6, 6.07) is 5.94. The summed E-state index contributed by atoms with van der Waals surface area (Å²) in [5.74, 6) is 0. The van der Waals surface area contributed by atoms with Crippen LogP contribution in [0.3, 0.4) is 0 Å². The molecule has 0 amide bonds. The van der Waals surface area contributed by atoms with Gasteiger partial charge in [0.15, 0.2) is 0 Å². The predicted molar refractivity (Wildman–Crippen MR) is 48.9 cm³/mol. The van der Waals surface area contributed by atoms with Crippen LogP contribution in [0.5, 0.6) is 0 Å². The molecule has 0 saturated carbocycles. The number of hydrogen-bond acceptors (Lipinski definition) is 2. The van der Waals surface area contributed by atoms with Gasteiger partial charge >= 0.3 is 0 Å². The SMILES string of the molecule is Nc1ccc2c(c1)CCC(O)C2. The summed E-state index contributed by atoms with van der Waals surface area (Å²) in [5, 5.41) is 9.39. The minimum atomic E-state index is -0.152. The van der Waals surface area contributed by atoms with Crippen LogP contribution >= 0.6 is 0 Å². The Morgan fingerprint density at radius 2 is 2.17 bits per heavy atom. The zero-order chi connectivity index (χ0) is 8.55. The van der Waals surface area contributed by atoms with Crippen LogP contribution in [0.2, 0.25) is 0 Å². The average molecular weight is 163 g/mol. The van der Waals surface area contributed by atoms with Crippen LogP contribution in [0.15, 0.2) is 18.2 Å². The Bertz CT molecular complexity index is 296. The summed E-state index contributed by atoms with van der Waals surface area (Å²) < 4.78 is 0. The van der Waals surface area contributed by atoms with Crippen LogP contribution in [0.1, 0.15) is 17.5 Å². The molecule has 1 aromatic carbocycles. The molecule has 0 saturated heterocycles. The molecule has 2 rings (SSSR count). The smallest absolute Gasteiger partial charge is 0.0583 e. The van der Waals surface area contributed by atoms with Crippen molar-refractivity contribution in [3.63, 3.8) is 0 Å². The Hall–Kier alpha value is -1.02. The van der Waals surface area contributed by atoms with E-state index >= 15 is 0 Å². The van der Waals surface area contributed by atoms with Gasteiger partial charge in [-0.1, -0.05) is 6.07 Å². The van der Waals surface area contributed by atoms with Gasteiger partial charge in [-0.3, -0.25) is 0 Å². The maximum Gasteiger partial charge on any atom is 0.0583 e. The fourth-order valence-electron chi connectivity index (χ4n) is 1.76. The Kier molecular flexibility index (Phi) is 1.77. The molecular weight excluding hydrogens is 150 g/mol. The standard InChI is InChI=1S/C10H13NO/c11-9-3-1-8-6-10(12)4-2-7(8)5-9/h1,3,5,10,12H,2,4,6,11H2. The lowest BCUT2D eigenvalue weighted by atomic mass is 9.90. The quantitative estimate of drug-likeness (QED) is 0.563. The minimum Gasteiger partial charge on any atom is -0.399 e. The Balaban J connectivity index is 2.37. The molecule has 1 atom stereocenters. The van der Waals surface area contributed by atoms with Gasteiger partial charge in [0.25, 0.3) is 0 Å². The van der Waals surface area contributed by atoms with Crippen LogP contribution in [0, 0.1) is 0 Å². The predicted octanol–water partition coefficient (Wildman–Crippen LogP) is 1.12. The fraction of sp³-hybridized carbons (Fsp3) is 0.400. The second-order valence-electron chi connectivity index (χ2n) is 3.42. The van der Waals surface area contributed by atoms with Gasteiger partial charge in [0.1, 0.15) is 0 Å². The number of benzene rings is 1. The maximum atomic E-state index is 9.39. The van der Waals surface area contributed by atoms with Crippen molar-refractivity contribution in [2.75, 3.05) is 5.73 Å². The molecule has 0 spiro atoms. The van der Waals surface area contributed by atoms with Crippen LogP contribution < -0.4 is 5.73 Å². The van der Waals surface area contributed by atoms with E-state index in [0.29, 0.717) is 0 Å². The summed E-state index contributed by atoms with van der Waals surface area (Å²) in [6.45, 7) is 0. The van der Waals surface area contributed by atoms with Crippen molar-refractivity contribution in [3.05, 3.63) is 29.3 Å². The van der Waals surface area contributed by atoms with Crippen molar-refractivity contribution in [2.45, 2.75) is 25.4 Å². The number of aliphatic hydroxyl groups is 1. The van der Waals surface area contributed by atoms with Crippen LogP contribution in [-0.2, 0) is 12.8 Å². The van der Waals surface area contributed by atoms with E-state index in [1.807, 2.05) is 18.2 Å². The number of aliphatic hydroxyl groups excluding tert-OH is 1. The van der Waals surface area contributed by atoms with Crippen LogP contribution in [0.4, 0.5) is 5.69 Å². The van der Waals surface area contributed by atoms with Gasteiger partial charge in [0.2, 0.25) is 0 Å². The van der Waals surface area contributed by atoms with Gasteiger partial charge in [-0.2, -0.15) is 0 Å². The highest BCUT2D eigenvalue weighted by Gasteiger charge is 2.15. The Morgan fingerprint density at radius 1 is 1.33 bits per heavy atom.